The summed E-state index contributed by atoms with van der Waals surface area (Å²) in [6, 6.07) is 14.2. The molecule has 3 N–H and O–H groups in total. The normalized spacial score (nSPS) is 11.4. The molecule has 0 aliphatic heterocycles. The van der Waals surface area contributed by atoms with Crippen molar-refractivity contribution in [2.24, 2.45) is 5.14 Å². The molecule has 0 radical (unpaired) electrons. The lowest BCUT2D eigenvalue weighted by molar-refractivity contribution is 0.598. The fourth-order valence-corrected chi connectivity index (χ4v) is 2.99. The van der Waals surface area contributed by atoms with Crippen LogP contribution in [0.4, 0.5) is 0 Å². The Hall–Kier alpha value is -2.97. The summed E-state index contributed by atoms with van der Waals surface area (Å²) in [5, 5.41) is 5.09. The average Bonchev–Trinajstić information content (AvgIpc) is 2.54. The number of aromatic nitrogens is 2. The number of nitrogens with zero attached hydrogens (tertiary/aromatic N) is 1. The molecule has 7 nitrogen and oxygen atoms in total. The van der Waals surface area contributed by atoms with Gasteiger partial charge in [0.25, 0.3) is 5.56 Å². The molecule has 0 saturated carbocycles. The topological polar surface area (TPSA) is 115 Å². The van der Waals surface area contributed by atoms with Crippen molar-refractivity contribution < 1.29 is 8.42 Å². The lowest BCUT2D eigenvalue weighted by atomic mass is 10.1. The molecule has 0 aliphatic rings. The van der Waals surface area contributed by atoms with E-state index in [4.69, 9.17) is 5.14 Å². The van der Waals surface area contributed by atoms with Gasteiger partial charge < -0.3 is 0 Å². The van der Waals surface area contributed by atoms with Crippen LogP contribution in [0.2, 0.25) is 0 Å². The fourth-order valence-electron chi connectivity index (χ4n) is 2.47. The third-order valence-electron chi connectivity index (χ3n) is 3.71. The van der Waals surface area contributed by atoms with Gasteiger partial charge in [-0.3, -0.25) is 14.3 Å². The molecule has 0 spiro atoms. The summed E-state index contributed by atoms with van der Waals surface area (Å²) in [5.41, 5.74) is 1.40. The number of rotatable bonds is 3. The number of primary sulfonamides is 1. The van der Waals surface area contributed by atoms with E-state index in [2.05, 4.69) is 4.98 Å². The van der Waals surface area contributed by atoms with Crippen LogP contribution in [0, 0.1) is 6.92 Å². The minimum Gasteiger partial charge on any atom is -0.274 e. The van der Waals surface area contributed by atoms with Crippen LogP contribution >= 0.6 is 0 Å². The van der Waals surface area contributed by atoms with E-state index in [0.29, 0.717) is 16.9 Å². The SMILES string of the molecule is Cc1ccc(-c2cc(=O)[nH]c(=O)n2-c2ccc(S(N)(=O)=O)cc2)cc1. The zero-order chi connectivity index (χ0) is 18.2. The maximum atomic E-state index is 12.3. The van der Waals surface area contributed by atoms with Crippen LogP contribution in [0.5, 0.6) is 0 Å². The smallest absolute Gasteiger partial charge is 0.274 e. The maximum Gasteiger partial charge on any atom is 0.333 e. The molecule has 0 amide bonds. The van der Waals surface area contributed by atoms with Crippen LogP contribution in [0.1, 0.15) is 5.56 Å². The van der Waals surface area contributed by atoms with E-state index in [0.717, 1.165) is 5.56 Å². The molecule has 0 unspecified atom stereocenters. The zero-order valence-corrected chi connectivity index (χ0v) is 14.1. The van der Waals surface area contributed by atoms with Gasteiger partial charge in [0, 0.05) is 6.07 Å². The number of aromatic amines is 1. The quantitative estimate of drug-likeness (QED) is 0.731. The largest absolute Gasteiger partial charge is 0.333 e. The molecule has 0 bridgehead atoms. The predicted octanol–water partition coefficient (Wildman–Crippen LogP) is 1.15. The lowest BCUT2D eigenvalue weighted by Crippen LogP contribution is -2.29. The Morgan fingerprint density at radius 2 is 1.56 bits per heavy atom. The van der Waals surface area contributed by atoms with Crippen molar-refractivity contribution in [2.75, 3.05) is 0 Å². The van der Waals surface area contributed by atoms with Gasteiger partial charge in [-0.1, -0.05) is 29.8 Å². The summed E-state index contributed by atoms with van der Waals surface area (Å²) < 4.78 is 24.1. The van der Waals surface area contributed by atoms with Crippen molar-refractivity contribution in [1.82, 2.24) is 9.55 Å². The predicted molar refractivity (Wildman–Crippen MR) is 94.2 cm³/mol. The van der Waals surface area contributed by atoms with Gasteiger partial charge in [0.1, 0.15) is 0 Å². The van der Waals surface area contributed by atoms with Crippen LogP contribution in [-0.4, -0.2) is 18.0 Å². The average molecular weight is 357 g/mol. The van der Waals surface area contributed by atoms with Gasteiger partial charge in [-0.2, -0.15) is 0 Å². The number of aryl methyl sites for hydroxylation is 1. The van der Waals surface area contributed by atoms with Crippen molar-refractivity contribution in [3.05, 3.63) is 81.0 Å². The van der Waals surface area contributed by atoms with Gasteiger partial charge in [0.2, 0.25) is 10.0 Å². The Kier molecular flexibility index (Phi) is 4.15. The van der Waals surface area contributed by atoms with Gasteiger partial charge >= 0.3 is 5.69 Å². The standard InChI is InChI=1S/C17H15N3O4S/c1-11-2-4-12(5-3-11)15-10-16(21)19-17(22)20(15)13-6-8-14(9-7-13)25(18,23)24/h2-10H,1H3,(H2,18,23,24)(H,19,21,22). The summed E-state index contributed by atoms with van der Waals surface area (Å²) in [6.45, 7) is 1.93. The van der Waals surface area contributed by atoms with Gasteiger partial charge in [-0.15, -0.1) is 0 Å². The van der Waals surface area contributed by atoms with E-state index in [1.807, 2.05) is 19.1 Å². The highest BCUT2D eigenvalue weighted by Gasteiger charge is 2.12. The van der Waals surface area contributed by atoms with Crippen molar-refractivity contribution in [2.45, 2.75) is 11.8 Å². The molecule has 0 aliphatic carbocycles. The molecule has 25 heavy (non-hydrogen) atoms. The number of hydrogen-bond donors (Lipinski definition) is 2. The first-order valence-electron chi connectivity index (χ1n) is 7.32. The van der Waals surface area contributed by atoms with Crippen molar-refractivity contribution in [1.29, 1.82) is 0 Å². The van der Waals surface area contributed by atoms with E-state index in [1.165, 1.54) is 34.9 Å². The monoisotopic (exact) mass is 357 g/mol. The van der Waals surface area contributed by atoms with Crippen LogP contribution in [0.15, 0.2) is 69.1 Å². The minimum absolute atomic E-state index is 0.0643. The number of nitrogens with one attached hydrogen (secondary N) is 1. The molecule has 128 valence electrons. The first kappa shape index (κ1) is 16.9. The fraction of sp³-hybridized carbons (Fsp3) is 0.0588. The number of nitrogens with two attached hydrogens (primary N) is 1. The zero-order valence-electron chi connectivity index (χ0n) is 13.3. The van der Waals surface area contributed by atoms with E-state index in [9.17, 15) is 18.0 Å². The van der Waals surface area contributed by atoms with Gasteiger partial charge in [0.15, 0.2) is 0 Å². The van der Waals surface area contributed by atoms with E-state index in [1.54, 1.807) is 12.1 Å². The number of H-pyrrole nitrogens is 1. The summed E-state index contributed by atoms with van der Waals surface area (Å²) in [6.07, 6.45) is 0. The Labute approximate surface area is 143 Å². The molecule has 0 atom stereocenters. The first-order chi connectivity index (χ1) is 11.8. The molecule has 0 fully saturated rings. The highest BCUT2D eigenvalue weighted by Crippen LogP contribution is 2.21. The number of benzene rings is 2. The molecule has 2 aromatic carbocycles. The second-order valence-electron chi connectivity index (χ2n) is 5.56. The molecular formula is C17H15N3O4S. The molecule has 3 rings (SSSR count). The van der Waals surface area contributed by atoms with Crippen molar-refractivity contribution in [3.63, 3.8) is 0 Å². The lowest BCUT2D eigenvalue weighted by Gasteiger charge is -2.13. The summed E-state index contributed by atoms with van der Waals surface area (Å²) >= 11 is 0. The Bertz CT molecular complexity index is 1140. The van der Waals surface area contributed by atoms with Gasteiger partial charge in [0.05, 0.1) is 16.3 Å². The summed E-state index contributed by atoms with van der Waals surface area (Å²) in [4.78, 5) is 26.3. The second kappa shape index (κ2) is 6.15. The molecule has 1 heterocycles. The van der Waals surface area contributed by atoms with Crippen molar-refractivity contribution >= 4 is 10.0 Å². The molecular weight excluding hydrogens is 342 g/mol. The van der Waals surface area contributed by atoms with Gasteiger partial charge in [-0.25, -0.2) is 18.4 Å². The number of sulfonamides is 1. The highest BCUT2D eigenvalue weighted by atomic mass is 32.2. The Balaban J connectivity index is 2.24. The summed E-state index contributed by atoms with van der Waals surface area (Å²) in [7, 11) is -3.83. The second-order valence-corrected chi connectivity index (χ2v) is 7.13. The Morgan fingerprint density at radius 1 is 0.960 bits per heavy atom. The van der Waals surface area contributed by atoms with Crippen LogP contribution in [0.25, 0.3) is 16.9 Å². The third-order valence-corrected chi connectivity index (χ3v) is 4.64. The van der Waals surface area contributed by atoms with E-state index in [-0.39, 0.29) is 4.90 Å². The molecule has 0 saturated heterocycles. The van der Waals surface area contributed by atoms with E-state index >= 15 is 0 Å². The molecule has 3 aromatic rings. The maximum absolute atomic E-state index is 12.3. The van der Waals surface area contributed by atoms with Crippen LogP contribution in [0.3, 0.4) is 0 Å². The molecule has 1 aromatic heterocycles. The van der Waals surface area contributed by atoms with Crippen LogP contribution < -0.4 is 16.4 Å². The number of hydrogen-bond acceptors (Lipinski definition) is 4. The van der Waals surface area contributed by atoms with Crippen LogP contribution in [-0.2, 0) is 10.0 Å². The minimum atomic E-state index is -3.83. The van der Waals surface area contributed by atoms with Crippen molar-refractivity contribution in [3.8, 4) is 16.9 Å². The first-order valence-corrected chi connectivity index (χ1v) is 8.87. The molecule has 8 heteroatoms. The van der Waals surface area contributed by atoms with E-state index < -0.39 is 21.3 Å². The van der Waals surface area contributed by atoms with Gasteiger partial charge in [-0.05, 0) is 36.8 Å². The summed E-state index contributed by atoms with van der Waals surface area (Å²) in [5.74, 6) is 0. The third kappa shape index (κ3) is 3.44. The Morgan fingerprint density at radius 3 is 2.12 bits per heavy atom. The highest BCUT2D eigenvalue weighted by molar-refractivity contribution is 7.89.